The van der Waals surface area contributed by atoms with E-state index in [2.05, 4.69) is 31.4 Å². The molecule has 0 spiro atoms. The van der Waals surface area contributed by atoms with E-state index in [9.17, 15) is 4.79 Å². The van der Waals surface area contributed by atoms with Crippen LogP contribution in [0.15, 0.2) is 0 Å². The molecule has 19 heavy (non-hydrogen) atoms. The third-order valence-electron chi connectivity index (χ3n) is 4.69. The third-order valence-corrected chi connectivity index (χ3v) is 4.69. The molecule has 2 aliphatic carbocycles. The Hall–Kier alpha value is -0.570. The maximum Gasteiger partial charge on any atom is 0.234 e. The maximum absolute atomic E-state index is 11.7. The van der Waals surface area contributed by atoms with Crippen molar-refractivity contribution in [3.05, 3.63) is 0 Å². The van der Waals surface area contributed by atoms with E-state index < -0.39 is 0 Å². The van der Waals surface area contributed by atoms with Gasteiger partial charge in [0.2, 0.25) is 5.91 Å². The molecule has 0 aromatic carbocycles. The van der Waals surface area contributed by atoms with E-state index >= 15 is 0 Å². The van der Waals surface area contributed by atoms with Crippen molar-refractivity contribution in [2.75, 3.05) is 6.54 Å². The summed E-state index contributed by atoms with van der Waals surface area (Å²) in [4.78, 5) is 11.7. The van der Waals surface area contributed by atoms with Crippen LogP contribution in [0.4, 0.5) is 0 Å². The Morgan fingerprint density at radius 2 is 1.68 bits per heavy atom. The Balaban J connectivity index is 1.68. The van der Waals surface area contributed by atoms with Gasteiger partial charge in [-0.05, 0) is 49.9 Å². The van der Waals surface area contributed by atoms with Crippen molar-refractivity contribution in [3.63, 3.8) is 0 Å². The van der Waals surface area contributed by atoms with Gasteiger partial charge < -0.3 is 10.6 Å². The van der Waals surface area contributed by atoms with Crippen LogP contribution in [-0.2, 0) is 4.79 Å². The molecule has 2 N–H and O–H groups in total. The zero-order valence-corrected chi connectivity index (χ0v) is 12.8. The van der Waals surface area contributed by atoms with E-state index in [0.29, 0.717) is 24.0 Å². The molecule has 2 aliphatic rings. The second kappa shape index (κ2) is 6.25. The molecule has 0 aliphatic heterocycles. The quantitative estimate of drug-likeness (QED) is 0.768. The van der Waals surface area contributed by atoms with Crippen LogP contribution in [0, 0.1) is 11.3 Å². The number of nitrogens with one attached hydrogen (secondary N) is 2. The van der Waals surface area contributed by atoms with Gasteiger partial charge in [0, 0.05) is 12.1 Å². The van der Waals surface area contributed by atoms with Crippen molar-refractivity contribution < 1.29 is 4.79 Å². The first-order valence-electron chi connectivity index (χ1n) is 7.98. The molecule has 1 amide bonds. The molecule has 2 fully saturated rings. The fourth-order valence-electron chi connectivity index (χ4n) is 3.12. The molecule has 0 bridgehead atoms. The Kier molecular flexibility index (Phi) is 4.88. The minimum Gasteiger partial charge on any atom is -0.352 e. The van der Waals surface area contributed by atoms with Crippen LogP contribution in [0.1, 0.15) is 65.7 Å². The zero-order chi connectivity index (χ0) is 13.9. The van der Waals surface area contributed by atoms with E-state index in [1.54, 1.807) is 0 Å². The predicted molar refractivity (Wildman–Crippen MR) is 79.0 cm³/mol. The fraction of sp³-hybridized carbons (Fsp3) is 0.938. The van der Waals surface area contributed by atoms with Crippen LogP contribution in [0.3, 0.4) is 0 Å². The van der Waals surface area contributed by atoms with Gasteiger partial charge in [0.25, 0.3) is 0 Å². The lowest BCUT2D eigenvalue weighted by atomic mass is 9.76. The summed E-state index contributed by atoms with van der Waals surface area (Å²) in [6.07, 6.45) is 8.72. The summed E-state index contributed by atoms with van der Waals surface area (Å²) in [5.41, 5.74) is 0.429. The molecule has 110 valence electrons. The van der Waals surface area contributed by atoms with E-state index in [-0.39, 0.29) is 5.91 Å². The highest BCUT2D eigenvalue weighted by Crippen LogP contribution is 2.36. The summed E-state index contributed by atoms with van der Waals surface area (Å²) in [5.74, 6) is 1.01. The Bertz CT molecular complexity index is 304. The molecule has 2 rings (SSSR count). The van der Waals surface area contributed by atoms with Crippen LogP contribution < -0.4 is 10.6 Å². The second-order valence-electron chi connectivity index (χ2n) is 7.49. The van der Waals surface area contributed by atoms with Crippen molar-refractivity contribution in [1.29, 1.82) is 0 Å². The van der Waals surface area contributed by atoms with Gasteiger partial charge in [-0.2, -0.15) is 0 Å². The van der Waals surface area contributed by atoms with Crippen molar-refractivity contribution in [1.82, 2.24) is 10.6 Å². The van der Waals surface area contributed by atoms with Crippen molar-refractivity contribution in [2.24, 2.45) is 11.3 Å². The van der Waals surface area contributed by atoms with Gasteiger partial charge in [-0.25, -0.2) is 0 Å². The number of carbonyl (C=O) groups is 1. The van der Waals surface area contributed by atoms with Gasteiger partial charge in [-0.15, -0.1) is 0 Å². The fourth-order valence-corrected chi connectivity index (χ4v) is 3.12. The van der Waals surface area contributed by atoms with Gasteiger partial charge in [0.1, 0.15) is 0 Å². The number of carbonyl (C=O) groups excluding carboxylic acids is 1. The number of hydrogen-bond acceptors (Lipinski definition) is 2. The largest absolute Gasteiger partial charge is 0.352 e. The summed E-state index contributed by atoms with van der Waals surface area (Å²) in [6, 6.07) is 1.02. The molecule has 2 atom stereocenters. The van der Waals surface area contributed by atoms with Gasteiger partial charge in [-0.1, -0.05) is 27.2 Å². The lowest BCUT2D eigenvalue weighted by Gasteiger charge is -2.29. The SMILES string of the molecule is CC(C)(C)C1CCCC(NCC(=O)NC2CC2)CC1. The normalized spacial score (nSPS) is 28.8. The zero-order valence-electron chi connectivity index (χ0n) is 12.8. The molecule has 2 saturated carbocycles. The van der Waals surface area contributed by atoms with Crippen LogP contribution in [0.2, 0.25) is 0 Å². The maximum atomic E-state index is 11.7. The molecule has 3 heteroatoms. The number of hydrogen-bond donors (Lipinski definition) is 2. The highest BCUT2D eigenvalue weighted by Gasteiger charge is 2.28. The standard InChI is InChI=1S/C16H30N2O/c1-16(2,3)12-5-4-6-13(8-7-12)17-11-15(19)18-14-9-10-14/h12-14,17H,4-11H2,1-3H3,(H,18,19). The van der Waals surface area contributed by atoms with E-state index in [4.69, 9.17) is 0 Å². The highest BCUT2D eigenvalue weighted by atomic mass is 16.2. The lowest BCUT2D eigenvalue weighted by molar-refractivity contribution is -0.120. The first-order valence-corrected chi connectivity index (χ1v) is 7.98. The molecule has 3 nitrogen and oxygen atoms in total. The third kappa shape index (κ3) is 5.13. The lowest BCUT2D eigenvalue weighted by Crippen LogP contribution is -2.39. The summed E-state index contributed by atoms with van der Waals surface area (Å²) in [6.45, 7) is 7.57. The summed E-state index contributed by atoms with van der Waals surface area (Å²) < 4.78 is 0. The second-order valence-corrected chi connectivity index (χ2v) is 7.49. The van der Waals surface area contributed by atoms with Crippen LogP contribution in [-0.4, -0.2) is 24.5 Å². The molecule has 2 unspecified atom stereocenters. The monoisotopic (exact) mass is 266 g/mol. The summed E-state index contributed by atoms with van der Waals surface area (Å²) >= 11 is 0. The van der Waals surface area contributed by atoms with Gasteiger partial charge in [-0.3, -0.25) is 4.79 Å². The number of amides is 1. The molecule has 0 saturated heterocycles. The van der Waals surface area contributed by atoms with E-state index in [0.717, 1.165) is 5.92 Å². The van der Waals surface area contributed by atoms with Crippen LogP contribution >= 0.6 is 0 Å². The average molecular weight is 266 g/mol. The number of rotatable bonds is 4. The van der Waals surface area contributed by atoms with Crippen molar-refractivity contribution in [2.45, 2.75) is 77.8 Å². The van der Waals surface area contributed by atoms with Crippen LogP contribution in [0.25, 0.3) is 0 Å². The first-order chi connectivity index (χ1) is 8.95. The summed E-state index contributed by atoms with van der Waals surface area (Å²) in [5, 5.41) is 6.50. The Labute approximate surface area is 117 Å². The molecule has 0 aromatic rings. The van der Waals surface area contributed by atoms with Crippen molar-refractivity contribution in [3.8, 4) is 0 Å². The molecular formula is C16H30N2O. The van der Waals surface area contributed by atoms with Crippen molar-refractivity contribution >= 4 is 5.91 Å². The van der Waals surface area contributed by atoms with E-state index in [1.165, 1.54) is 44.9 Å². The molecule has 0 heterocycles. The van der Waals surface area contributed by atoms with Gasteiger partial charge >= 0.3 is 0 Å². The van der Waals surface area contributed by atoms with Crippen LogP contribution in [0.5, 0.6) is 0 Å². The Morgan fingerprint density at radius 3 is 2.32 bits per heavy atom. The highest BCUT2D eigenvalue weighted by molar-refractivity contribution is 5.78. The Morgan fingerprint density at radius 1 is 1.00 bits per heavy atom. The topological polar surface area (TPSA) is 41.1 Å². The van der Waals surface area contributed by atoms with Gasteiger partial charge in [0.15, 0.2) is 0 Å². The molecule has 0 radical (unpaired) electrons. The smallest absolute Gasteiger partial charge is 0.234 e. The van der Waals surface area contributed by atoms with E-state index in [1.807, 2.05) is 0 Å². The van der Waals surface area contributed by atoms with Gasteiger partial charge in [0.05, 0.1) is 6.54 Å². The summed E-state index contributed by atoms with van der Waals surface area (Å²) in [7, 11) is 0. The minimum absolute atomic E-state index is 0.180. The first kappa shape index (κ1) is 14.8. The minimum atomic E-state index is 0.180. The molecular weight excluding hydrogens is 236 g/mol. The molecule has 0 aromatic heterocycles. The predicted octanol–water partition coefficient (Wildman–Crippen LogP) is 2.85. The average Bonchev–Trinajstić information content (AvgIpc) is 3.11.